The van der Waals surface area contributed by atoms with Gasteiger partial charge >= 0.3 is 5.97 Å². The summed E-state index contributed by atoms with van der Waals surface area (Å²) in [7, 11) is 0. The zero-order valence-electron chi connectivity index (χ0n) is 4.87. The zero-order valence-corrected chi connectivity index (χ0v) is 7.84. The number of aliphatic carboxylic acids is 1. The summed E-state index contributed by atoms with van der Waals surface area (Å²) >= 11 is 0. The quantitative estimate of drug-likeness (QED) is 0.284. The predicted octanol–water partition coefficient (Wildman–Crippen LogP) is 0.696. The molecule has 3 nitrogen and oxygen atoms in total. The average Bonchev–Trinajstić information content (AvgIpc) is 1.61. The largest absolute Gasteiger partial charge is 0.509 e. The minimum atomic E-state index is -1.10. The molecule has 0 fully saturated rings. The van der Waals surface area contributed by atoms with Crippen molar-refractivity contribution in [3.05, 3.63) is 24.5 Å². The van der Waals surface area contributed by atoms with E-state index in [2.05, 4.69) is 6.58 Å². The summed E-state index contributed by atoms with van der Waals surface area (Å²) in [4.78, 5) is 9.66. The van der Waals surface area contributed by atoms with Gasteiger partial charge in [-0.2, -0.15) is 0 Å². The van der Waals surface area contributed by atoms with E-state index in [1.165, 1.54) is 0 Å². The first-order chi connectivity index (χ1) is 3.63. The molecule has 0 aliphatic carbocycles. The Labute approximate surface area is 65.5 Å². The molecule has 46 valence electrons. The molecule has 0 spiro atoms. The van der Waals surface area contributed by atoms with Crippen molar-refractivity contribution in [3.8, 4) is 0 Å². The Kier molecular flexibility index (Phi) is 6.86. The SMILES string of the molecule is C=C(O)/C=C\C(=O)O.[Zn]. The Bertz CT molecular complexity index is 123. The maximum atomic E-state index is 9.66. The van der Waals surface area contributed by atoms with Crippen molar-refractivity contribution in [3.63, 3.8) is 0 Å². The molecule has 0 aromatic carbocycles. The zero-order chi connectivity index (χ0) is 6.57. The van der Waals surface area contributed by atoms with Crippen LogP contribution in [0.25, 0.3) is 0 Å². The fourth-order valence-corrected chi connectivity index (χ4v) is 0.167. The van der Waals surface area contributed by atoms with Crippen molar-refractivity contribution in [1.82, 2.24) is 0 Å². The van der Waals surface area contributed by atoms with Gasteiger partial charge in [-0.15, -0.1) is 0 Å². The van der Waals surface area contributed by atoms with Crippen LogP contribution < -0.4 is 0 Å². The number of carboxylic acid groups (broad SMARTS) is 1. The normalized spacial score (nSPS) is 8.44. The predicted molar refractivity (Wildman–Crippen MR) is 28.5 cm³/mol. The Morgan fingerprint density at radius 3 is 1.89 bits per heavy atom. The number of aliphatic hydroxyl groups is 1. The fraction of sp³-hybridized carbons (Fsp3) is 0. The van der Waals surface area contributed by atoms with Crippen LogP contribution in [0, 0.1) is 0 Å². The third-order valence-electron chi connectivity index (χ3n) is 0.418. The Morgan fingerprint density at radius 2 is 1.78 bits per heavy atom. The van der Waals surface area contributed by atoms with Crippen LogP contribution >= 0.6 is 0 Å². The van der Waals surface area contributed by atoms with Crippen LogP contribution in [0.3, 0.4) is 0 Å². The summed E-state index contributed by atoms with van der Waals surface area (Å²) in [5.41, 5.74) is 0. The van der Waals surface area contributed by atoms with Crippen molar-refractivity contribution in [1.29, 1.82) is 0 Å². The first kappa shape index (κ1) is 11.2. The molecular weight excluding hydrogens is 173 g/mol. The molecule has 0 saturated heterocycles. The van der Waals surface area contributed by atoms with E-state index in [4.69, 9.17) is 10.2 Å². The van der Waals surface area contributed by atoms with Crippen molar-refractivity contribution in [2.75, 3.05) is 0 Å². The number of carbonyl (C=O) groups is 1. The van der Waals surface area contributed by atoms with Crippen LogP contribution in [0.5, 0.6) is 0 Å². The monoisotopic (exact) mass is 178 g/mol. The number of carboxylic acids is 1. The molecule has 0 aromatic heterocycles. The van der Waals surface area contributed by atoms with E-state index in [0.717, 1.165) is 12.2 Å². The maximum absolute atomic E-state index is 9.66. The van der Waals surface area contributed by atoms with Crippen molar-refractivity contribution >= 4 is 5.97 Å². The molecule has 0 amide bonds. The molecule has 0 heterocycles. The second-order valence-electron chi connectivity index (χ2n) is 1.16. The van der Waals surface area contributed by atoms with Crippen molar-refractivity contribution < 1.29 is 34.5 Å². The van der Waals surface area contributed by atoms with Crippen LogP contribution in [0.2, 0.25) is 0 Å². The Balaban J connectivity index is 0. The Morgan fingerprint density at radius 1 is 1.33 bits per heavy atom. The number of hydrogen-bond donors (Lipinski definition) is 2. The van der Waals surface area contributed by atoms with Gasteiger partial charge in [-0.1, -0.05) is 6.58 Å². The third-order valence-corrected chi connectivity index (χ3v) is 0.418. The van der Waals surface area contributed by atoms with Crippen molar-refractivity contribution in [2.45, 2.75) is 0 Å². The van der Waals surface area contributed by atoms with Gasteiger partial charge < -0.3 is 10.2 Å². The van der Waals surface area contributed by atoms with Crippen LogP contribution in [-0.2, 0) is 24.3 Å². The molecule has 9 heavy (non-hydrogen) atoms. The topological polar surface area (TPSA) is 57.5 Å². The second-order valence-corrected chi connectivity index (χ2v) is 1.16. The first-order valence-electron chi connectivity index (χ1n) is 1.92. The minimum absolute atomic E-state index is 0. The summed E-state index contributed by atoms with van der Waals surface area (Å²) in [6, 6.07) is 0. The maximum Gasteiger partial charge on any atom is 0.328 e. The van der Waals surface area contributed by atoms with Gasteiger partial charge in [-0.3, -0.25) is 0 Å². The van der Waals surface area contributed by atoms with Crippen molar-refractivity contribution in [2.24, 2.45) is 0 Å². The van der Waals surface area contributed by atoms with E-state index in [1.54, 1.807) is 0 Å². The van der Waals surface area contributed by atoms with Gasteiger partial charge in [0.15, 0.2) is 0 Å². The van der Waals surface area contributed by atoms with Gasteiger partial charge in [0.05, 0.1) is 0 Å². The smallest absolute Gasteiger partial charge is 0.328 e. The standard InChI is InChI=1S/C5H6O3.Zn/c1-4(6)2-3-5(7)8;/h2-3,6H,1H2,(H,7,8);/b3-2-;. The molecule has 0 atom stereocenters. The molecule has 0 bridgehead atoms. The first-order valence-corrected chi connectivity index (χ1v) is 1.92. The summed E-state index contributed by atoms with van der Waals surface area (Å²) in [5, 5.41) is 16.2. The van der Waals surface area contributed by atoms with E-state index in [1.807, 2.05) is 0 Å². The number of hydrogen-bond acceptors (Lipinski definition) is 2. The summed E-state index contributed by atoms with van der Waals surface area (Å²) < 4.78 is 0. The van der Waals surface area contributed by atoms with E-state index in [9.17, 15) is 4.79 Å². The molecule has 0 aliphatic heterocycles. The summed E-state index contributed by atoms with van der Waals surface area (Å²) in [5.74, 6) is -1.35. The van der Waals surface area contributed by atoms with Gasteiger partial charge in [0.25, 0.3) is 0 Å². The fourth-order valence-electron chi connectivity index (χ4n) is 0.167. The van der Waals surface area contributed by atoms with Crippen LogP contribution in [-0.4, -0.2) is 16.2 Å². The van der Waals surface area contributed by atoms with Crippen LogP contribution in [0.15, 0.2) is 24.5 Å². The molecule has 0 saturated carbocycles. The molecule has 0 rings (SSSR count). The average molecular weight is 179 g/mol. The van der Waals surface area contributed by atoms with Crippen LogP contribution in [0.4, 0.5) is 0 Å². The molecule has 0 unspecified atom stereocenters. The van der Waals surface area contributed by atoms with Gasteiger partial charge in [-0.25, -0.2) is 4.79 Å². The molecule has 0 aliphatic rings. The van der Waals surface area contributed by atoms with Gasteiger partial charge in [0.1, 0.15) is 5.76 Å². The summed E-state index contributed by atoms with van der Waals surface area (Å²) in [6.07, 6.45) is 1.81. The van der Waals surface area contributed by atoms with E-state index in [-0.39, 0.29) is 25.2 Å². The molecule has 4 heteroatoms. The molecular formula is C5H6O3Zn. The second kappa shape index (κ2) is 5.51. The molecule has 0 radical (unpaired) electrons. The van der Waals surface area contributed by atoms with E-state index in [0.29, 0.717) is 0 Å². The third kappa shape index (κ3) is 11.1. The summed E-state index contributed by atoms with van der Waals surface area (Å²) in [6.45, 7) is 3.03. The Hall–Kier alpha value is -0.627. The van der Waals surface area contributed by atoms with Gasteiger partial charge in [-0.05, 0) is 6.08 Å². The van der Waals surface area contributed by atoms with E-state index >= 15 is 0 Å². The van der Waals surface area contributed by atoms with E-state index < -0.39 is 5.97 Å². The van der Waals surface area contributed by atoms with Gasteiger partial charge in [0, 0.05) is 25.6 Å². The molecule has 0 aromatic rings. The minimum Gasteiger partial charge on any atom is -0.509 e. The van der Waals surface area contributed by atoms with Gasteiger partial charge in [0.2, 0.25) is 0 Å². The van der Waals surface area contributed by atoms with Crippen LogP contribution in [0.1, 0.15) is 0 Å². The number of rotatable bonds is 2. The number of aliphatic hydroxyl groups excluding tert-OH is 1. The number of allylic oxidation sites excluding steroid dienone is 1. The molecule has 2 N–H and O–H groups in total.